The molecule has 1 N–H and O–H groups in total. The van der Waals surface area contributed by atoms with Crippen molar-refractivity contribution in [1.29, 1.82) is 0 Å². The van der Waals surface area contributed by atoms with Crippen molar-refractivity contribution in [1.82, 2.24) is 19.8 Å². The van der Waals surface area contributed by atoms with Gasteiger partial charge in [-0.25, -0.2) is 4.98 Å². The lowest BCUT2D eigenvalue weighted by molar-refractivity contribution is 0.0625. The number of hydrogen-bond acceptors (Lipinski definition) is 5. The molecular weight excluding hydrogens is 380 g/mol. The normalized spacial score (nSPS) is 15.3. The van der Waals surface area contributed by atoms with Crippen molar-refractivity contribution in [3.05, 3.63) is 57.3 Å². The lowest BCUT2D eigenvalue weighted by Crippen LogP contribution is -2.49. The number of H-pyrrole nitrogens is 1. The number of aromatic amines is 1. The number of amides is 1. The van der Waals surface area contributed by atoms with Gasteiger partial charge in [-0.1, -0.05) is 32.9 Å². The van der Waals surface area contributed by atoms with Crippen LogP contribution in [0.15, 0.2) is 29.1 Å². The third-order valence-electron chi connectivity index (χ3n) is 5.32. The van der Waals surface area contributed by atoms with Gasteiger partial charge in [0.05, 0.1) is 12.3 Å². The van der Waals surface area contributed by atoms with Gasteiger partial charge in [-0.3, -0.25) is 14.5 Å². The molecule has 162 valence electrons. The van der Waals surface area contributed by atoms with Crippen LogP contribution in [0.4, 0.5) is 0 Å². The van der Waals surface area contributed by atoms with Gasteiger partial charge in [0, 0.05) is 38.1 Å². The second kappa shape index (κ2) is 9.00. The maximum atomic E-state index is 13.0. The summed E-state index contributed by atoms with van der Waals surface area (Å²) in [6, 6.07) is 8.13. The molecule has 1 aromatic heterocycles. The first-order valence-electron chi connectivity index (χ1n) is 10.5. The fourth-order valence-corrected chi connectivity index (χ4v) is 3.58. The predicted octanol–water partition coefficient (Wildman–Crippen LogP) is 2.73. The summed E-state index contributed by atoms with van der Waals surface area (Å²) in [5.41, 5.74) is 1.23. The van der Waals surface area contributed by atoms with Gasteiger partial charge < -0.3 is 14.6 Å². The van der Waals surface area contributed by atoms with E-state index in [-0.39, 0.29) is 22.4 Å². The Bertz CT molecular complexity index is 936. The van der Waals surface area contributed by atoms with Crippen LogP contribution < -0.4 is 10.3 Å². The predicted molar refractivity (Wildman–Crippen MR) is 117 cm³/mol. The van der Waals surface area contributed by atoms with E-state index >= 15 is 0 Å². The highest BCUT2D eigenvalue weighted by atomic mass is 16.5. The van der Waals surface area contributed by atoms with Crippen molar-refractivity contribution in [3.8, 4) is 5.75 Å². The smallest absolute Gasteiger partial charge is 0.264 e. The fraction of sp³-hybridized carbons (Fsp3) is 0.522. The summed E-state index contributed by atoms with van der Waals surface area (Å²) in [6.07, 6.45) is 0. The first kappa shape index (κ1) is 22.0. The quantitative estimate of drug-likeness (QED) is 0.817. The van der Waals surface area contributed by atoms with Gasteiger partial charge in [0.15, 0.2) is 0 Å². The number of benzene rings is 1. The van der Waals surface area contributed by atoms with Gasteiger partial charge in [-0.15, -0.1) is 0 Å². The zero-order chi connectivity index (χ0) is 21.9. The van der Waals surface area contributed by atoms with Crippen LogP contribution in [0, 0.1) is 6.92 Å². The van der Waals surface area contributed by atoms with Crippen molar-refractivity contribution in [2.24, 2.45) is 0 Å². The highest BCUT2D eigenvalue weighted by molar-refractivity contribution is 5.94. The Morgan fingerprint density at radius 1 is 1.13 bits per heavy atom. The van der Waals surface area contributed by atoms with Crippen LogP contribution in [0.25, 0.3) is 0 Å². The van der Waals surface area contributed by atoms with Gasteiger partial charge in [-0.2, -0.15) is 0 Å². The average Bonchev–Trinajstić information content (AvgIpc) is 2.69. The van der Waals surface area contributed by atoms with Gasteiger partial charge in [0.2, 0.25) is 0 Å². The first-order valence-corrected chi connectivity index (χ1v) is 10.5. The van der Waals surface area contributed by atoms with Gasteiger partial charge in [0.25, 0.3) is 11.5 Å². The van der Waals surface area contributed by atoms with Crippen LogP contribution in [0.5, 0.6) is 5.75 Å². The Morgan fingerprint density at radius 3 is 2.30 bits per heavy atom. The minimum absolute atomic E-state index is 0.156. The second-order valence-corrected chi connectivity index (χ2v) is 8.77. The van der Waals surface area contributed by atoms with Crippen molar-refractivity contribution < 1.29 is 9.53 Å². The molecule has 1 fully saturated rings. The number of nitrogens with zero attached hydrogens (tertiary/aromatic N) is 3. The molecule has 1 aliphatic rings. The Balaban J connectivity index is 1.62. The van der Waals surface area contributed by atoms with E-state index in [4.69, 9.17) is 4.74 Å². The number of rotatable bonds is 5. The molecule has 30 heavy (non-hydrogen) atoms. The monoisotopic (exact) mass is 412 g/mol. The van der Waals surface area contributed by atoms with E-state index in [0.29, 0.717) is 31.2 Å². The van der Waals surface area contributed by atoms with Crippen molar-refractivity contribution in [3.63, 3.8) is 0 Å². The lowest BCUT2D eigenvalue weighted by Gasteiger charge is -2.34. The largest absolute Gasteiger partial charge is 0.494 e. The molecule has 7 heteroatoms. The summed E-state index contributed by atoms with van der Waals surface area (Å²) in [4.78, 5) is 37.0. The fourth-order valence-electron chi connectivity index (χ4n) is 3.58. The molecule has 7 nitrogen and oxygen atoms in total. The molecule has 0 bridgehead atoms. The SMILES string of the molecule is CCOc1ccc(CN2CCN(C(=O)c3c(C)nc(C(C)(C)C)[nH]c3=O)CC2)cc1. The van der Waals surface area contributed by atoms with Crippen LogP contribution in [-0.4, -0.2) is 58.5 Å². The zero-order valence-electron chi connectivity index (χ0n) is 18.6. The number of aromatic nitrogens is 2. The number of nitrogens with one attached hydrogen (secondary N) is 1. The molecule has 3 rings (SSSR count). The average molecular weight is 413 g/mol. The second-order valence-electron chi connectivity index (χ2n) is 8.77. The van der Waals surface area contributed by atoms with E-state index < -0.39 is 0 Å². The highest BCUT2D eigenvalue weighted by Crippen LogP contribution is 2.19. The molecule has 1 aromatic carbocycles. The minimum Gasteiger partial charge on any atom is -0.494 e. The zero-order valence-corrected chi connectivity index (χ0v) is 18.6. The molecule has 0 unspecified atom stereocenters. The minimum atomic E-state index is -0.353. The van der Waals surface area contributed by atoms with E-state index in [2.05, 4.69) is 27.0 Å². The van der Waals surface area contributed by atoms with Crippen molar-refractivity contribution in [2.75, 3.05) is 32.8 Å². The number of piperazine rings is 1. The summed E-state index contributed by atoms with van der Waals surface area (Å²) < 4.78 is 5.49. The molecule has 0 radical (unpaired) electrons. The molecule has 0 spiro atoms. The summed E-state index contributed by atoms with van der Waals surface area (Å²) >= 11 is 0. The molecule has 0 saturated carbocycles. The van der Waals surface area contributed by atoms with E-state index in [0.717, 1.165) is 25.4 Å². The standard InChI is InChI=1S/C23H32N4O3/c1-6-30-18-9-7-17(8-10-18)15-26-11-13-27(14-12-26)21(29)19-16(2)24-22(23(3,4)5)25-20(19)28/h7-10H,6,11-15H2,1-5H3,(H,24,25,28). The first-order chi connectivity index (χ1) is 14.2. The Kier molecular flexibility index (Phi) is 6.61. The molecule has 0 aliphatic carbocycles. The molecule has 2 heterocycles. The summed E-state index contributed by atoms with van der Waals surface area (Å²) in [6.45, 7) is 13.9. The summed E-state index contributed by atoms with van der Waals surface area (Å²) in [5.74, 6) is 1.24. The molecule has 1 aliphatic heterocycles. The molecule has 1 amide bonds. The number of carbonyl (C=O) groups excluding carboxylic acids is 1. The summed E-state index contributed by atoms with van der Waals surface area (Å²) in [5, 5.41) is 0. The van der Waals surface area contributed by atoms with Gasteiger partial charge in [0.1, 0.15) is 17.1 Å². The van der Waals surface area contributed by atoms with Gasteiger partial charge in [-0.05, 0) is 31.5 Å². The third kappa shape index (κ3) is 5.08. The number of carbonyl (C=O) groups is 1. The third-order valence-corrected chi connectivity index (χ3v) is 5.32. The van der Waals surface area contributed by atoms with E-state index in [1.807, 2.05) is 39.8 Å². The molecular formula is C23H32N4O3. The van der Waals surface area contributed by atoms with E-state index in [9.17, 15) is 9.59 Å². The van der Waals surface area contributed by atoms with Crippen molar-refractivity contribution >= 4 is 5.91 Å². The van der Waals surface area contributed by atoms with Gasteiger partial charge >= 0.3 is 0 Å². The topological polar surface area (TPSA) is 78.5 Å². The Labute approximate surface area is 178 Å². The maximum absolute atomic E-state index is 13.0. The van der Waals surface area contributed by atoms with Crippen LogP contribution in [0.2, 0.25) is 0 Å². The number of ether oxygens (including phenoxy) is 1. The van der Waals surface area contributed by atoms with Crippen molar-refractivity contribution in [2.45, 2.75) is 46.6 Å². The lowest BCUT2D eigenvalue weighted by atomic mass is 9.95. The van der Waals surface area contributed by atoms with Crippen LogP contribution in [-0.2, 0) is 12.0 Å². The molecule has 2 aromatic rings. The van der Waals surface area contributed by atoms with Crippen LogP contribution in [0.1, 0.15) is 55.1 Å². The maximum Gasteiger partial charge on any atom is 0.264 e. The van der Waals surface area contributed by atoms with E-state index in [1.165, 1.54) is 5.56 Å². The van der Waals surface area contributed by atoms with E-state index in [1.54, 1.807) is 11.8 Å². The molecule has 1 saturated heterocycles. The van der Waals surface area contributed by atoms with Crippen LogP contribution in [0.3, 0.4) is 0 Å². The summed E-state index contributed by atoms with van der Waals surface area (Å²) in [7, 11) is 0. The number of hydrogen-bond donors (Lipinski definition) is 1. The Hall–Kier alpha value is -2.67. The molecule has 0 atom stereocenters. The van der Waals surface area contributed by atoms with Crippen LogP contribution >= 0.6 is 0 Å². The Morgan fingerprint density at radius 2 is 1.77 bits per heavy atom. The highest BCUT2D eigenvalue weighted by Gasteiger charge is 2.27. The number of aryl methyl sites for hydroxylation is 1.